The first kappa shape index (κ1) is 9.94. The molecule has 3 rings (SSSR count). The predicted molar refractivity (Wildman–Crippen MR) is 60.4 cm³/mol. The van der Waals surface area contributed by atoms with Crippen LogP contribution < -0.4 is 0 Å². The standard InChI is InChI=1S/C13H16N2O/c1-13(2)6-9(13)12-14-7-8-10(15-12)4-3-5-11(8)16/h7,9H,3-6H2,1-2H3. The van der Waals surface area contributed by atoms with Crippen molar-refractivity contribution in [3.8, 4) is 0 Å². The number of carbonyl (C=O) groups is 1. The summed E-state index contributed by atoms with van der Waals surface area (Å²) in [6.07, 6.45) is 5.44. The Kier molecular flexibility index (Phi) is 1.94. The van der Waals surface area contributed by atoms with Gasteiger partial charge in [0, 0.05) is 18.5 Å². The van der Waals surface area contributed by atoms with Crippen molar-refractivity contribution < 1.29 is 4.79 Å². The van der Waals surface area contributed by atoms with Crippen LogP contribution in [0.2, 0.25) is 0 Å². The number of ketones is 1. The van der Waals surface area contributed by atoms with Crippen molar-refractivity contribution in [3.05, 3.63) is 23.3 Å². The lowest BCUT2D eigenvalue weighted by Crippen LogP contribution is -2.15. The zero-order chi connectivity index (χ0) is 11.3. The highest BCUT2D eigenvalue weighted by atomic mass is 16.1. The monoisotopic (exact) mass is 216 g/mol. The second-order valence-corrected chi connectivity index (χ2v) is 5.61. The highest BCUT2D eigenvalue weighted by Gasteiger charge is 2.48. The molecule has 1 atom stereocenters. The van der Waals surface area contributed by atoms with Gasteiger partial charge in [-0.05, 0) is 24.7 Å². The molecule has 1 aromatic heterocycles. The number of Topliss-reactive ketones (excluding diaryl/α,β-unsaturated/α-hetero) is 1. The van der Waals surface area contributed by atoms with Gasteiger partial charge < -0.3 is 0 Å². The molecule has 1 heterocycles. The molecule has 0 saturated heterocycles. The average Bonchev–Trinajstić information content (AvgIpc) is 2.88. The van der Waals surface area contributed by atoms with Gasteiger partial charge in [-0.2, -0.15) is 0 Å². The fourth-order valence-corrected chi connectivity index (χ4v) is 2.48. The molecule has 2 aliphatic carbocycles. The topological polar surface area (TPSA) is 42.9 Å². The summed E-state index contributed by atoms with van der Waals surface area (Å²) in [5, 5.41) is 0. The first-order valence-corrected chi connectivity index (χ1v) is 5.97. The van der Waals surface area contributed by atoms with Crippen molar-refractivity contribution >= 4 is 5.78 Å². The molecule has 0 radical (unpaired) electrons. The molecule has 0 N–H and O–H groups in total. The van der Waals surface area contributed by atoms with Crippen molar-refractivity contribution in [3.63, 3.8) is 0 Å². The van der Waals surface area contributed by atoms with Crippen molar-refractivity contribution in [2.45, 2.75) is 45.4 Å². The Labute approximate surface area is 95.3 Å². The molecule has 0 bridgehead atoms. The Balaban J connectivity index is 1.97. The summed E-state index contributed by atoms with van der Waals surface area (Å²) in [5.41, 5.74) is 2.09. The van der Waals surface area contributed by atoms with Crippen LogP contribution in [0.15, 0.2) is 6.20 Å². The van der Waals surface area contributed by atoms with Gasteiger partial charge in [0.2, 0.25) is 0 Å². The van der Waals surface area contributed by atoms with Crippen LogP contribution in [-0.4, -0.2) is 15.8 Å². The van der Waals surface area contributed by atoms with E-state index in [0.29, 0.717) is 17.8 Å². The van der Waals surface area contributed by atoms with Gasteiger partial charge in [-0.1, -0.05) is 13.8 Å². The summed E-state index contributed by atoms with van der Waals surface area (Å²) < 4.78 is 0. The molecule has 0 amide bonds. The molecular weight excluding hydrogens is 200 g/mol. The lowest BCUT2D eigenvalue weighted by molar-refractivity contribution is 0.0971. The molecule has 3 nitrogen and oxygen atoms in total. The number of nitrogens with zero attached hydrogens (tertiary/aromatic N) is 2. The molecule has 1 fully saturated rings. The number of rotatable bonds is 1. The molecule has 1 saturated carbocycles. The molecule has 0 aliphatic heterocycles. The SMILES string of the molecule is CC1(C)CC1c1ncc2c(n1)CCCC2=O. The number of aromatic nitrogens is 2. The van der Waals surface area contributed by atoms with Gasteiger partial charge in [-0.25, -0.2) is 9.97 Å². The summed E-state index contributed by atoms with van der Waals surface area (Å²) in [6, 6.07) is 0. The van der Waals surface area contributed by atoms with E-state index < -0.39 is 0 Å². The van der Waals surface area contributed by atoms with Crippen LogP contribution >= 0.6 is 0 Å². The third-order valence-corrected chi connectivity index (χ3v) is 3.83. The van der Waals surface area contributed by atoms with E-state index in [4.69, 9.17) is 0 Å². The first-order chi connectivity index (χ1) is 7.58. The van der Waals surface area contributed by atoms with E-state index in [1.165, 1.54) is 6.42 Å². The summed E-state index contributed by atoms with van der Waals surface area (Å²) in [5.74, 6) is 1.65. The minimum atomic E-state index is 0.211. The summed E-state index contributed by atoms with van der Waals surface area (Å²) in [7, 11) is 0. The maximum absolute atomic E-state index is 11.6. The molecule has 0 aromatic carbocycles. The van der Waals surface area contributed by atoms with E-state index in [-0.39, 0.29) is 5.78 Å². The second kappa shape index (κ2) is 3.12. The minimum absolute atomic E-state index is 0.211. The molecule has 1 unspecified atom stereocenters. The van der Waals surface area contributed by atoms with E-state index in [1.807, 2.05) is 0 Å². The van der Waals surface area contributed by atoms with E-state index in [0.717, 1.165) is 29.9 Å². The van der Waals surface area contributed by atoms with E-state index in [9.17, 15) is 4.79 Å². The van der Waals surface area contributed by atoms with Crippen LogP contribution in [0, 0.1) is 5.41 Å². The number of fused-ring (bicyclic) bond motifs is 1. The van der Waals surface area contributed by atoms with Crippen LogP contribution in [0.3, 0.4) is 0 Å². The quantitative estimate of drug-likeness (QED) is 0.724. The van der Waals surface area contributed by atoms with Gasteiger partial charge >= 0.3 is 0 Å². The smallest absolute Gasteiger partial charge is 0.166 e. The van der Waals surface area contributed by atoms with Gasteiger partial charge in [0.15, 0.2) is 5.78 Å². The number of carbonyl (C=O) groups excluding carboxylic acids is 1. The first-order valence-electron chi connectivity index (χ1n) is 5.97. The zero-order valence-electron chi connectivity index (χ0n) is 9.79. The van der Waals surface area contributed by atoms with Gasteiger partial charge in [-0.15, -0.1) is 0 Å². The van der Waals surface area contributed by atoms with Gasteiger partial charge in [0.1, 0.15) is 5.82 Å². The molecule has 0 spiro atoms. The number of hydrogen-bond acceptors (Lipinski definition) is 3. The Bertz CT molecular complexity index is 465. The van der Waals surface area contributed by atoms with Gasteiger partial charge in [-0.3, -0.25) is 4.79 Å². The third-order valence-electron chi connectivity index (χ3n) is 3.83. The zero-order valence-corrected chi connectivity index (χ0v) is 9.79. The summed E-state index contributed by atoms with van der Waals surface area (Å²) in [6.45, 7) is 4.48. The molecular formula is C13H16N2O. The van der Waals surface area contributed by atoms with Crippen LogP contribution in [0.25, 0.3) is 0 Å². The molecule has 2 aliphatic rings. The Morgan fingerprint density at radius 1 is 1.38 bits per heavy atom. The fourth-order valence-electron chi connectivity index (χ4n) is 2.48. The normalized spacial score (nSPS) is 26.4. The summed E-state index contributed by atoms with van der Waals surface area (Å²) >= 11 is 0. The average molecular weight is 216 g/mol. The Morgan fingerprint density at radius 3 is 2.81 bits per heavy atom. The van der Waals surface area contributed by atoms with E-state index in [1.54, 1.807) is 6.20 Å². The van der Waals surface area contributed by atoms with Gasteiger partial charge in [0.25, 0.3) is 0 Å². The molecule has 1 aromatic rings. The molecule has 84 valence electrons. The lowest BCUT2D eigenvalue weighted by Gasteiger charge is -2.14. The maximum atomic E-state index is 11.6. The Hall–Kier alpha value is -1.25. The largest absolute Gasteiger partial charge is 0.294 e. The van der Waals surface area contributed by atoms with Crippen molar-refractivity contribution in [2.75, 3.05) is 0 Å². The highest BCUT2D eigenvalue weighted by molar-refractivity contribution is 5.97. The van der Waals surface area contributed by atoms with E-state index in [2.05, 4.69) is 23.8 Å². The second-order valence-electron chi connectivity index (χ2n) is 5.61. The fraction of sp³-hybridized carbons (Fsp3) is 0.615. The van der Waals surface area contributed by atoms with Crippen LogP contribution in [0.4, 0.5) is 0 Å². The summed E-state index contributed by atoms with van der Waals surface area (Å²) in [4.78, 5) is 20.6. The van der Waals surface area contributed by atoms with E-state index >= 15 is 0 Å². The van der Waals surface area contributed by atoms with Crippen LogP contribution in [0.5, 0.6) is 0 Å². The number of aryl methyl sites for hydroxylation is 1. The minimum Gasteiger partial charge on any atom is -0.294 e. The third kappa shape index (κ3) is 1.46. The number of hydrogen-bond donors (Lipinski definition) is 0. The Morgan fingerprint density at radius 2 is 2.12 bits per heavy atom. The molecule has 3 heteroatoms. The van der Waals surface area contributed by atoms with Crippen molar-refractivity contribution in [2.24, 2.45) is 5.41 Å². The van der Waals surface area contributed by atoms with Crippen LogP contribution in [-0.2, 0) is 6.42 Å². The van der Waals surface area contributed by atoms with Gasteiger partial charge in [0.05, 0.1) is 11.3 Å². The van der Waals surface area contributed by atoms with Crippen molar-refractivity contribution in [1.29, 1.82) is 0 Å². The van der Waals surface area contributed by atoms with Crippen molar-refractivity contribution in [1.82, 2.24) is 9.97 Å². The predicted octanol–water partition coefficient (Wildman–Crippen LogP) is 2.51. The highest BCUT2D eigenvalue weighted by Crippen LogP contribution is 2.57. The van der Waals surface area contributed by atoms with Crippen LogP contribution in [0.1, 0.15) is 60.9 Å². The maximum Gasteiger partial charge on any atom is 0.166 e. The molecule has 16 heavy (non-hydrogen) atoms. The lowest BCUT2D eigenvalue weighted by atomic mass is 9.96.